The third kappa shape index (κ3) is 3.45. The Morgan fingerprint density at radius 1 is 1.26 bits per heavy atom. The summed E-state index contributed by atoms with van der Waals surface area (Å²) in [7, 11) is 1.44. The number of anilines is 2. The Labute approximate surface area is 134 Å². The summed E-state index contributed by atoms with van der Waals surface area (Å²) in [5.74, 6) is -1.72. The van der Waals surface area contributed by atoms with Crippen molar-refractivity contribution in [3.8, 4) is 0 Å². The maximum atomic E-state index is 13.7. The number of carbonyl (C=O) groups excluding carboxylic acids is 1. The number of benzene rings is 1. The van der Waals surface area contributed by atoms with Gasteiger partial charge in [0.25, 0.3) is 0 Å². The highest BCUT2D eigenvalue weighted by molar-refractivity contribution is 5.92. The van der Waals surface area contributed by atoms with Crippen LogP contribution in [0.1, 0.15) is 12.8 Å². The molecule has 0 unspecified atom stereocenters. The van der Waals surface area contributed by atoms with E-state index < -0.39 is 11.6 Å². The number of nitrogens with one attached hydrogen (secondary N) is 2. The van der Waals surface area contributed by atoms with Crippen LogP contribution in [0.25, 0.3) is 0 Å². The van der Waals surface area contributed by atoms with Gasteiger partial charge in [0.2, 0.25) is 5.91 Å². The first-order valence-corrected chi connectivity index (χ1v) is 7.78. The van der Waals surface area contributed by atoms with Crippen molar-refractivity contribution in [2.24, 2.45) is 5.41 Å². The van der Waals surface area contributed by atoms with E-state index in [0.29, 0.717) is 5.41 Å². The lowest BCUT2D eigenvalue weighted by Gasteiger charge is -2.52. The van der Waals surface area contributed by atoms with Crippen LogP contribution in [0.4, 0.5) is 20.2 Å². The van der Waals surface area contributed by atoms with Crippen LogP contribution in [-0.4, -0.2) is 50.7 Å². The summed E-state index contributed by atoms with van der Waals surface area (Å²) in [5, 5.41) is 5.00. The SMILES string of the molecule is CNc1c(F)cc(NC(=O)CN2CC3(CCOCC3)C2)cc1F. The molecule has 5 nitrogen and oxygen atoms in total. The van der Waals surface area contributed by atoms with Gasteiger partial charge >= 0.3 is 0 Å². The van der Waals surface area contributed by atoms with Crippen molar-refractivity contribution >= 4 is 17.3 Å². The van der Waals surface area contributed by atoms with Crippen LogP contribution in [0.15, 0.2) is 12.1 Å². The zero-order chi connectivity index (χ0) is 16.4. The summed E-state index contributed by atoms with van der Waals surface area (Å²) in [6, 6.07) is 2.23. The lowest BCUT2D eigenvalue weighted by atomic mass is 9.73. The average Bonchev–Trinajstić information content (AvgIpc) is 2.46. The van der Waals surface area contributed by atoms with Gasteiger partial charge in [-0.05, 0) is 25.0 Å². The minimum absolute atomic E-state index is 0.130. The number of amides is 1. The van der Waals surface area contributed by atoms with Crippen LogP contribution in [0.3, 0.4) is 0 Å². The molecule has 0 aromatic heterocycles. The van der Waals surface area contributed by atoms with Crippen molar-refractivity contribution in [1.82, 2.24) is 4.90 Å². The van der Waals surface area contributed by atoms with E-state index in [1.54, 1.807) is 0 Å². The molecule has 2 aliphatic rings. The van der Waals surface area contributed by atoms with Gasteiger partial charge in [0.15, 0.2) is 11.6 Å². The average molecular weight is 325 g/mol. The number of hydrogen-bond acceptors (Lipinski definition) is 4. The summed E-state index contributed by atoms with van der Waals surface area (Å²) in [4.78, 5) is 14.1. The van der Waals surface area contributed by atoms with E-state index in [1.165, 1.54) is 7.05 Å². The first-order chi connectivity index (χ1) is 11.0. The molecule has 23 heavy (non-hydrogen) atoms. The molecule has 0 radical (unpaired) electrons. The molecule has 2 N–H and O–H groups in total. The highest BCUT2D eigenvalue weighted by Crippen LogP contribution is 2.39. The lowest BCUT2D eigenvalue weighted by Crippen LogP contribution is -2.59. The van der Waals surface area contributed by atoms with E-state index in [-0.39, 0.29) is 23.8 Å². The zero-order valence-electron chi connectivity index (χ0n) is 13.1. The zero-order valence-corrected chi connectivity index (χ0v) is 13.1. The number of likely N-dealkylation sites (tertiary alicyclic amines) is 1. The van der Waals surface area contributed by atoms with Crippen molar-refractivity contribution in [2.45, 2.75) is 12.8 Å². The Morgan fingerprint density at radius 2 is 1.87 bits per heavy atom. The third-order valence-electron chi connectivity index (χ3n) is 4.61. The first-order valence-electron chi connectivity index (χ1n) is 7.78. The van der Waals surface area contributed by atoms with Crippen LogP contribution >= 0.6 is 0 Å². The maximum absolute atomic E-state index is 13.7. The summed E-state index contributed by atoms with van der Waals surface area (Å²) in [5.41, 5.74) is 0.225. The number of hydrogen-bond donors (Lipinski definition) is 2. The monoisotopic (exact) mass is 325 g/mol. The molecule has 3 rings (SSSR count). The van der Waals surface area contributed by atoms with E-state index in [0.717, 1.165) is 51.3 Å². The van der Waals surface area contributed by atoms with Gasteiger partial charge in [-0.15, -0.1) is 0 Å². The predicted octanol–water partition coefficient (Wildman–Crippen LogP) is 2.06. The molecule has 2 aliphatic heterocycles. The smallest absolute Gasteiger partial charge is 0.238 e. The Bertz CT molecular complexity index is 572. The summed E-state index contributed by atoms with van der Waals surface area (Å²) in [6.45, 7) is 3.57. The van der Waals surface area contributed by atoms with Gasteiger partial charge < -0.3 is 15.4 Å². The first kappa shape index (κ1) is 16.1. The van der Waals surface area contributed by atoms with E-state index in [1.807, 2.05) is 0 Å². The molecular formula is C16H21F2N3O2. The third-order valence-corrected chi connectivity index (χ3v) is 4.61. The normalized spacial score (nSPS) is 20.1. The molecular weight excluding hydrogens is 304 g/mol. The molecule has 2 saturated heterocycles. The number of ether oxygens (including phenoxy) is 1. The summed E-state index contributed by atoms with van der Waals surface area (Å²) >= 11 is 0. The van der Waals surface area contributed by atoms with E-state index in [9.17, 15) is 13.6 Å². The fourth-order valence-corrected chi connectivity index (χ4v) is 3.42. The highest BCUT2D eigenvalue weighted by Gasteiger charge is 2.44. The van der Waals surface area contributed by atoms with E-state index in [2.05, 4.69) is 15.5 Å². The summed E-state index contributed by atoms with van der Waals surface area (Å²) in [6.07, 6.45) is 2.07. The van der Waals surface area contributed by atoms with Crippen molar-refractivity contribution in [1.29, 1.82) is 0 Å². The molecule has 1 amide bonds. The minimum atomic E-state index is -0.729. The van der Waals surface area contributed by atoms with Gasteiger partial charge in [-0.25, -0.2) is 8.78 Å². The Morgan fingerprint density at radius 3 is 2.43 bits per heavy atom. The molecule has 1 spiro atoms. The minimum Gasteiger partial charge on any atom is -0.383 e. The van der Waals surface area contributed by atoms with Crippen LogP contribution in [0.2, 0.25) is 0 Å². The van der Waals surface area contributed by atoms with Crippen molar-refractivity contribution in [2.75, 3.05) is 50.5 Å². The second-order valence-corrected chi connectivity index (χ2v) is 6.37. The van der Waals surface area contributed by atoms with Gasteiger partial charge in [0.1, 0.15) is 5.69 Å². The van der Waals surface area contributed by atoms with Gasteiger partial charge in [-0.2, -0.15) is 0 Å². The molecule has 7 heteroatoms. The van der Waals surface area contributed by atoms with Gasteiger partial charge in [-0.1, -0.05) is 0 Å². The molecule has 0 bridgehead atoms. The topological polar surface area (TPSA) is 53.6 Å². The Kier molecular flexibility index (Phi) is 4.50. The van der Waals surface area contributed by atoms with Crippen molar-refractivity contribution in [3.63, 3.8) is 0 Å². The largest absolute Gasteiger partial charge is 0.383 e. The molecule has 0 saturated carbocycles. The fraction of sp³-hybridized carbons (Fsp3) is 0.562. The molecule has 1 aromatic rings. The quantitative estimate of drug-likeness (QED) is 0.890. The lowest BCUT2D eigenvalue weighted by molar-refractivity contribution is -0.124. The van der Waals surface area contributed by atoms with E-state index >= 15 is 0 Å². The van der Waals surface area contributed by atoms with Gasteiger partial charge in [0, 0.05) is 44.5 Å². The molecule has 1 aromatic carbocycles. The fourth-order valence-electron chi connectivity index (χ4n) is 3.42. The Hall–Kier alpha value is -1.73. The molecule has 126 valence electrons. The van der Waals surface area contributed by atoms with E-state index in [4.69, 9.17) is 4.74 Å². The van der Waals surface area contributed by atoms with Crippen LogP contribution < -0.4 is 10.6 Å². The van der Waals surface area contributed by atoms with Crippen LogP contribution in [0.5, 0.6) is 0 Å². The number of rotatable bonds is 4. The standard InChI is InChI=1S/C16H21F2N3O2/c1-19-15-12(17)6-11(7-13(15)18)20-14(22)8-21-9-16(10-21)2-4-23-5-3-16/h6-7,19H,2-5,8-10H2,1H3,(H,20,22). The second-order valence-electron chi connectivity index (χ2n) is 6.37. The molecule has 2 fully saturated rings. The van der Waals surface area contributed by atoms with Gasteiger partial charge in [-0.3, -0.25) is 9.69 Å². The summed E-state index contributed by atoms with van der Waals surface area (Å²) < 4.78 is 32.7. The number of carbonyl (C=O) groups is 1. The maximum Gasteiger partial charge on any atom is 0.238 e. The number of nitrogens with zero attached hydrogens (tertiary/aromatic N) is 1. The Balaban J connectivity index is 1.52. The van der Waals surface area contributed by atoms with Gasteiger partial charge in [0.05, 0.1) is 6.54 Å². The second kappa shape index (κ2) is 6.41. The highest BCUT2D eigenvalue weighted by atomic mass is 19.1. The van der Waals surface area contributed by atoms with Crippen molar-refractivity contribution < 1.29 is 18.3 Å². The van der Waals surface area contributed by atoms with Crippen LogP contribution in [0, 0.1) is 17.0 Å². The molecule has 2 heterocycles. The molecule has 0 aliphatic carbocycles. The molecule has 0 atom stereocenters. The van der Waals surface area contributed by atoms with Crippen molar-refractivity contribution in [3.05, 3.63) is 23.8 Å². The van der Waals surface area contributed by atoms with Crippen LogP contribution in [-0.2, 0) is 9.53 Å². The number of halogens is 2. The predicted molar refractivity (Wildman–Crippen MR) is 83.5 cm³/mol.